The number of hydrogen-bond donors (Lipinski definition) is 2. The normalized spacial score (nSPS) is 24.8. The maximum absolute atomic E-state index is 12.9. The molecule has 0 spiro atoms. The summed E-state index contributed by atoms with van der Waals surface area (Å²) in [5, 5.41) is 12.8. The fourth-order valence-corrected chi connectivity index (χ4v) is 2.42. The summed E-state index contributed by atoms with van der Waals surface area (Å²) in [4.78, 5) is 3.81. The average molecular weight is 238 g/mol. The van der Waals surface area contributed by atoms with E-state index in [1.807, 2.05) is 0 Å². The van der Waals surface area contributed by atoms with Gasteiger partial charge in [-0.15, -0.1) is 0 Å². The number of rotatable bonds is 4. The van der Waals surface area contributed by atoms with Gasteiger partial charge in [-0.1, -0.05) is 6.42 Å². The third-order valence-electron chi connectivity index (χ3n) is 3.28. The van der Waals surface area contributed by atoms with Crippen LogP contribution in [-0.4, -0.2) is 22.7 Å². The summed E-state index contributed by atoms with van der Waals surface area (Å²) in [6.45, 7) is 1.52. The van der Waals surface area contributed by atoms with Gasteiger partial charge in [0, 0.05) is 12.7 Å². The van der Waals surface area contributed by atoms with Crippen LogP contribution in [0.3, 0.4) is 0 Å². The van der Waals surface area contributed by atoms with Gasteiger partial charge in [0.15, 0.2) is 0 Å². The third kappa shape index (κ3) is 4.06. The Hall–Kier alpha value is -1.00. The Morgan fingerprint density at radius 3 is 3.06 bits per heavy atom. The Labute approximate surface area is 101 Å². The highest BCUT2D eigenvalue weighted by atomic mass is 19.1. The molecule has 1 aliphatic carbocycles. The lowest BCUT2D eigenvalue weighted by Gasteiger charge is -2.25. The third-order valence-corrected chi connectivity index (χ3v) is 3.28. The van der Waals surface area contributed by atoms with Crippen LogP contribution in [0.5, 0.6) is 0 Å². The number of aromatic nitrogens is 1. The Morgan fingerprint density at radius 1 is 1.41 bits per heavy atom. The van der Waals surface area contributed by atoms with E-state index >= 15 is 0 Å². The van der Waals surface area contributed by atoms with Crippen molar-refractivity contribution in [1.29, 1.82) is 0 Å². The van der Waals surface area contributed by atoms with Crippen LogP contribution in [0.4, 0.5) is 4.39 Å². The van der Waals surface area contributed by atoms with Crippen LogP contribution in [0.1, 0.15) is 31.2 Å². The summed E-state index contributed by atoms with van der Waals surface area (Å²) in [7, 11) is 0. The molecule has 0 aromatic carbocycles. The lowest BCUT2D eigenvalue weighted by molar-refractivity contribution is 0.101. The van der Waals surface area contributed by atoms with Crippen molar-refractivity contribution in [1.82, 2.24) is 10.3 Å². The van der Waals surface area contributed by atoms with E-state index in [0.717, 1.165) is 31.4 Å². The number of halogens is 1. The van der Waals surface area contributed by atoms with Gasteiger partial charge < -0.3 is 10.4 Å². The summed E-state index contributed by atoms with van der Waals surface area (Å²) in [5.41, 5.74) is 0.862. The minimum Gasteiger partial charge on any atom is -0.393 e. The first kappa shape index (κ1) is 12.5. The molecule has 1 saturated carbocycles. The predicted molar refractivity (Wildman–Crippen MR) is 63.9 cm³/mol. The minimum absolute atomic E-state index is 0.133. The largest absolute Gasteiger partial charge is 0.393 e. The highest BCUT2D eigenvalue weighted by Crippen LogP contribution is 2.23. The highest BCUT2D eigenvalue weighted by Gasteiger charge is 2.19. The number of nitrogens with zero attached hydrogens (tertiary/aromatic N) is 1. The summed E-state index contributed by atoms with van der Waals surface area (Å²) in [6.07, 6.45) is 6.85. The predicted octanol–water partition coefficient (Wildman–Crippen LogP) is 1.86. The number of aliphatic hydroxyl groups excluding tert-OH is 1. The molecule has 2 atom stereocenters. The standard InChI is InChI=1S/C13H19FN2O/c14-12-4-11(8-16-9-12)7-15-6-10-2-1-3-13(17)5-10/h4,8-10,13,15,17H,1-3,5-7H2. The lowest BCUT2D eigenvalue weighted by Crippen LogP contribution is -2.28. The summed E-state index contributed by atoms with van der Waals surface area (Å²) in [5.74, 6) is 0.248. The molecule has 1 aromatic rings. The zero-order valence-corrected chi connectivity index (χ0v) is 9.90. The van der Waals surface area contributed by atoms with Gasteiger partial charge in [-0.2, -0.15) is 0 Å². The van der Waals surface area contributed by atoms with E-state index in [-0.39, 0.29) is 11.9 Å². The van der Waals surface area contributed by atoms with Gasteiger partial charge in [0.25, 0.3) is 0 Å². The molecule has 1 heterocycles. The smallest absolute Gasteiger partial charge is 0.141 e. The van der Waals surface area contributed by atoms with Crippen molar-refractivity contribution in [3.8, 4) is 0 Å². The van der Waals surface area contributed by atoms with Crippen LogP contribution in [0.25, 0.3) is 0 Å². The fraction of sp³-hybridized carbons (Fsp3) is 0.615. The molecule has 0 aliphatic heterocycles. The quantitative estimate of drug-likeness (QED) is 0.841. The Morgan fingerprint density at radius 2 is 2.29 bits per heavy atom. The van der Waals surface area contributed by atoms with E-state index in [9.17, 15) is 9.50 Å². The van der Waals surface area contributed by atoms with Gasteiger partial charge in [-0.05, 0) is 43.4 Å². The second-order valence-electron chi connectivity index (χ2n) is 4.83. The van der Waals surface area contributed by atoms with Gasteiger partial charge in [0.1, 0.15) is 5.82 Å². The topological polar surface area (TPSA) is 45.1 Å². The first-order valence-electron chi connectivity index (χ1n) is 6.22. The second kappa shape index (κ2) is 6.07. The number of aliphatic hydroxyl groups is 1. The van der Waals surface area contributed by atoms with E-state index in [2.05, 4.69) is 10.3 Å². The molecule has 0 radical (unpaired) electrons. The lowest BCUT2D eigenvalue weighted by atomic mass is 9.87. The number of nitrogens with one attached hydrogen (secondary N) is 1. The van der Waals surface area contributed by atoms with Crippen molar-refractivity contribution < 1.29 is 9.50 Å². The van der Waals surface area contributed by atoms with Crippen molar-refractivity contribution in [3.63, 3.8) is 0 Å². The maximum Gasteiger partial charge on any atom is 0.141 e. The van der Waals surface area contributed by atoms with E-state index in [4.69, 9.17) is 0 Å². The molecule has 94 valence electrons. The molecule has 0 amide bonds. The molecular weight excluding hydrogens is 219 g/mol. The zero-order valence-electron chi connectivity index (χ0n) is 9.90. The van der Waals surface area contributed by atoms with E-state index < -0.39 is 0 Å². The maximum atomic E-state index is 12.9. The molecule has 1 aliphatic rings. The van der Waals surface area contributed by atoms with Crippen molar-refractivity contribution >= 4 is 0 Å². The van der Waals surface area contributed by atoms with E-state index in [0.29, 0.717) is 12.5 Å². The van der Waals surface area contributed by atoms with Gasteiger partial charge in [-0.25, -0.2) is 4.39 Å². The first-order chi connectivity index (χ1) is 8.24. The number of pyridine rings is 1. The Balaban J connectivity index is 1.72. The van der Waals surface area contributed by atoms with Crippen molar-refractivity contribution in [3.05, 3.63) is 29.8 Å². The minimum atomic E-state index is -0.294. The van der Waals surface area contributed by atoms with Gasteiger partial charge >= 0.3 is 0 Å². The second-order valence-corrected chi connectivity index (χ2v) is 4.83. The molecule has 0 saturated heterocycles. The summed E-state index contributed by atoms with van der Waals surface area (Å²) >= 11 is 0. The molecule has 1 fully saturated rings. The molecule has 2 rings (SSSR count). The van der Waals surface area contributed by atoms with Gasteiger partial charge in [0.05, 0.1) is 12.3 Å². The van der Waals surface area contributed by atoms with Gasteiger partial charge in [-0.3, -0.25) is 4.98 Å². The van der Waals surface area contributed by atoms with Crippen molar-refractivity contribution in [2.45, 2.75) is 38.3 Å². The van der Waals surface area contributed by atoms with Crippen LogP contribution < -0.4 is 5.32 Å². The Kier molecular flexibility index (Phi) is 4.45. The van der Waals surface area contributed by atoms with Gasteiger partial charge in [0.2, 0.25) is 0 Å². The van der Waals surface area contributed by atoms with Crippen LogP contribution in [-0.2, 0) is 6.54 Å². The van der Waals surface area contributed by atoms with Crippen LogP contribution >= 0.6 is 0 Å². The fourth-order valence-electron chi connectivity index (χ4n) is 2.42. The molecule has 2 N–H and O–H groups in total. The monoisotopic (exact) mass is 238 g/mol. The Bertz CT molecular complexity index is 359. The number of hydrogen-bond acceptors (Lipinski definition) is 3. The molecule has 17 heavy (non-hydrogen) atoms. The molecule has 4 heteroatoms. The van der Waals surface area contributed by atoms with Crippen molar-refractivity contribution in [2.24, 2.45) is 5.92 Å². The first-order valence-corrected chi connectivity index (χ1v) is 6.22. The zero-order chi connectivity index (χ0) is 12.1. The average Bonchev–Trinajstić information content (AvgIpc) is 2.29. The molecule has 1 aromatic heterocycles. The highest BCUT2D eigenvalue weighted by molar-refractivity contribution is 5.09. The van der Waals surface area contributed by atoms with E-state index in [1.54, 1.807) is 6.20 Å². The van der Waals surface area contributed by atoms with Crippen LogP contribution in [0, 0.1) is 11.7 Å². The van der Waals surface area contributed by atoms with Crippen LogP contribution in [0.2, 0.25) is 0 Å². The molecule has 2 unspecified atom stereocenters. The summed E-state index contributed by atoms with van der Waals surface area (Å²) in [6, 6.07) is 1.50. The van der Waals surface area contributed by atoms with Crippen molar-refractivity contribution in [2.75, 3.05) is 6.54 Å². The van der Waals surface area contributed by atoms with Crippen LogP contribution in [0.15, 0.2) is 18.5 Å². The van der Waals surface area contributed by atoms with E-state index in [1.165, 1.54) is 18.7 Å². The molecule has 3 nitrogen and oxygen atoms in total. The molecule has 0 bridgehead atoms. The SMILES string of the molecule is OC1CCCC(CNCc2cncc(F)c2)C1. The molecular formula is C13H19FN2O. The summed E-state index contributed by atoms with van der Waals surface area (Å²) < 4.78 is 12.9.